The number of aromatic nitrogens is 1. The number of aliphatic imine (C=N–C) groups is 2. The molecule has 0 saturated heterocycles. The number of hydrogen-bond donors (Lipinski definition) is 17. The Morgan fingerprint density at radius 2 is 1.04 bits per heavy atom. The molecule has 0 aliphatic heterocycles. The number of fused-ring (bicyclic) bond motifs is 1. The first-order valence-electron chi connectivity index (χ1n) is 26.2. The van der Waals surface area contributed by atoms with Crippen LogP contribution in [0.1, 0.15) is 84.3 Å². The number of carbonyl (C=O) groups is 9. The fourth-order valence-corrected chi connectivity index (χ4v) is 8.79. The van der Waals surface area contributed by atoms with Gasteiger partial charge in [0.1, 0.15) is 54.1 Å². The van der Waals surface area contributed by atoms with Gasteiger partial charge in [-0.1, -0.05) is 64.4 Å². The molecule has 20 N–H and O–H groups in total. The van der Waals surface area contributed by atoms with Crippen LogP contribution in [-0.4, -0.2) is 148 Å². The number of hydrogen-bond acceptors (Lipinski definition) is 14. The van der Waals surface area contributed by atoms with Gasteiger partial charge in [-0.05, 0) is 73.3 Å². The molecule has 440 valence electrons. The Bertz CT molecular complexity index is 2640. The van der Waals surface area contributed by atoms with Crippen molar-refractivity contribution in [2.75, 3.05) is 24.6 Å². The zero-order valence-electron chi connectivity index (χ0n) is 45.8. The lowest BCUT2D eigenvalue weighted by atomic mass is 9.95. The zero-order chi connectivity index (χ0) is 59.6. The van der Waals surface area contributed by atoms with E-state index < -0.39 is 107 Å². The van der Waals surface area contributed by atoms with Crippen LogP contribution in [0.4, 0.5) is 0 Å². The number of phenols is 1. The van der Waals surface area contributed by atoms with E-state index in [4.69, 9.17) is 28.7 Å². The van der Waals surface area contributed by atoms with Gasteiger partial charge in [0, 0.05) is 61.5 Å². The number of thiol groups is 2. The number of nitrogens with zero attached hydrogens (tertiary/aromatic N) is 2. The Morgan fingerprint density at radius 3 is 1.54 bits per heavy atom. The number of phenolic OH excluding ortho intramolecular Hbond substituents is 1. The lowest BCUT2D eigenvalue weighted by molar-refractivity contribution is -0.136. The van der Waals surface area contributed by atoms with Crippen molar-refractivity contribution >= 4 is 101 Å². The normalized spacial score (nSPS) is 14.4. The van der Waals surface area contributed by atoms with Gasteiger partial charge in [0.2, 0.25) is 53.2 Å². The van der Waals surface area contributed by atoms with Gasteiger partial charge in [-0.15, -0.1) is 0 Å². The summed E-state index contributed by atoms with van der Waals surface area (Å²) in [6, 6.07) is 2.90. The van der Waals surface area contributed by atoms with Gasteiger partial charge in [0.05, 0.1) is 0 Å². The quantitative estimate of drug-likeness (QED) is 0.0135. The molecule has 1 aromatic heterocycles. The van der Waals surface area contributed by atoms with Gasteiger partial charge in [-0.25, -0.2) is 0 Å². The molecule has 0 spiro atoms. The monoisotopic (exact) mass is 1150 g/mol. The maximum Gasteiger partial charge on any atom is 0.244 e. The molecule has 0 aliphatic rings. The summed E-state index contributed by atoms with van der Waals surface area (Å²) < 4.78 is 0. The Labute approximate surface area is 476 Å². The molecule has 9 amide bonds. The van der Waals surface area contributed by atoms with Crippen LogP contribution in [-0.2, 0) is 56.0 Å². The molecule has 0 unspecified atom stereocenters. The summed E-state index contributed by atoms with van der Waals surface area (Å²) in [7, 11) is 0. The molecule has 9 atom stereocenters. The van der Waals surface area contributed by atoms with E-state index in [9.17, 15) is 48.3 Å². The SMILES string of the molecule is CC[C@H](C)[C@H](NC(=O)[C@H](CC(C)C)NC(=O)[C@@H](CS)NC(C)=O)C(=O)N[C@@H](Cc1c[nH]c2ccccc12)C(=O)N[C@@H](CCCN=C(N)N)C(=O)N[C@@H](CS)C(=O)N[C@@H](CCCN=C(N)N)C(=O)N[C@@H](Cc1ccc(O)cc1)C(N)=O. The van der Waals surface area contributed by atoms with Crippen molar-refractivity contribution in [3.05, 3.63) is 65.9 Å². The van der Waals surface area contributed by atoms with Crippen molar-refractivity contribution in [3.8, 4) is 5.75 Å². The van der Waals surface area contributed by atoms with Gasteiger partial charge in [0.15, 0.2) is 11.9 Å². The average molecular weight is 1150 g/mol. The lowest BCUT2D eigenvalue weighted by Gasteiger charge is -2.30. The zero-order valence-corrected chi connectivity index (χ0v) is 47.5. The number of para-hydroxylation sites is 1. The molecule has 0 saturated carbocycles. The second-order valence-corrected chi connectivity index (χ2v) is 20.5. The molecule has 0 bridgehead atoms. The molecule has 3 rings (SSSR count). The second-order valence-electron chi connectivity index (χ2n) is 19.7. The summed E-state index contributed by atoms with van der Waals surface area (Å²) in [4.78, 5) is 135. The van der Waals surface area contributed by atoms with Gasteiger partial charge in [0.25, 0.3) is 0 Å². The van der Waals surface area contributed by atoms with Crippen LogP contribution >= 0.6 is 25.3 Å². The number of amides is 9. The first-order valence-corrected chi connectivity index (χ1v) is 27.5. The van der Waals surface area contributed by atoms with E-state index in [2.05, 4.69) is 82.8 Å². The minimum absolute atomic E-state index is 0.0190. The minimum Gasteiger partial charge on any atom is -0.508 e. The third-order valence-corrected chi connectivity index (χ3v) is 13.5. The van der Waals surface area contributed by atoms with E-state index in [1.807, 2.05) is 32.0 Å². The van der Waals surface area contributed by atoms with E-state index in [0.717, 1.165) is 10.9 Å². The Hall–Kier alpha value is -7.75. The molecule has 0 aliphatic carbocycles. The van der Waals surface area contributed by atoms with Crippen LogP contribution in [0.5, 0.6) is 5.75 Å². The largest absolute Gasteiger partial charge is 0.508 e. The smallest absolute Gasteiger partial charge is 0.244 e. The summed E-state index contributed by atoms with van der Waals surface area (Å²) in [5, 5.41) is 31.8. The molecule has 0 fully saturated rings. The van der Waals surface area contributed by atoms with Gasteiger partial charge >= 0.3 is 0 Å². The van der Waals surface area contributed by atoms with Crippen LogP contribution in [0.15, 0.2) is 64.7 Å². The molecular formula is C52H80N16O10S2. The van der Waals surface area contributed by atoms with E-state index in [0.29, 0.717) is 17.5 Å². The summed E-state index contributed by atoms with van der Waals surface area (Å²) in [5.41, 5.74) is 29.7. The summed E-state index contributed by atoms with van der Waals surface area (Å²) in [6.45, 7) is 8.55. The highest BCUT2D eigenvalue weighted by Gasteiger charge is 2.36. The molecule has 26 nitrogen and oxygen atoms in total. The molecule has 0 radical (unpaired) electrons. The third-order valence-electron chi connectivity index (χ3n) is 12.7. The number of guanidine groups is 2. The molecule has 2 aromatic carbocycles. The number of H-pyrrole nitrogens is 1. The lowest BCUT2D eigenvalue weighted by Crippen LogP contribution is -2.61. The number of benzene rings is 2. The average Bonchev–Trinajstić information content (AvgIpc) is 3.87. The number of nitrogens with two attached hydrogens (primary N) is 5. The number of rotatable bonds is 34. The van der Waals surface area contributed by atoms with Gasteiger partial charge in [-0.2, -0.15) is 25.3 Å². The Morgan fingerprint density at radius 1 is 0.575 bits per heavy atom. The van der Waals surface area contributed by atoms with E-state index in [1.54, 1.807) is 38.2 Å². The second kappa shape index (κ2) is 33.6. The maximum absolute atomic E-state index is 14.8. The van der Waals surface area contributed by atoms with Crippen molar-refractivity contribution in [2.45, 2.75) is 134 Å². The fourth-order valence-electron chi connectivity index (χ4n) is 8.28. The number of carbonyl (C=O) groups excluding carboxylic acids is 9. The summed E-state index contributed by atoms with van der Waals surface area (Å²) in [6.07, 6.45) is 2.21. The highest BCUT2D eigenvalue weighted by molar-refractivity contribution is 7.80. The number of nitrogens with one attached hydrogen (secondary N) is 9. The predicted octanol–water partition coefficient (Wildman–Crippen LogP) is -1.90. The van der Waals surface area contributed by atoms with Crippen molar-refractivity contribution in [2.24, 2.45) is 50.5 Å². The number of primary amides is 1. The third kappa shape index (κ3) is 22.5. The number of aromatic amines is 1. The van der Waals surface area contributed by atoms with Crippen LogP contribution < -0.4 is 71.2 Å². The number of aromatic hydroxyl groups is 1. The van der Waals surface area contributed by atoms with E-state index >= 15 is 0 Å². The highest BCUT2D eigenvalue weighted by Crippen LogP contribution is 2.21. The standard InChI is InChI=1S/C52H80N16O10S2/c1-6-28(4)42(68-47(75)38(21-27(2)3)65-48(76)40(25-79)61-29(5)69)50(78)66-39(23-31-24-60-34-12-8-7-11-33(31)34)46(74)62-36(14-10-20-59-52(56)57)45(73)67-41(26-80)49(77)63-35(13-9-19-58-51(54)55)44(72)64-37(43(53)71)22-30-15-17-32(70)18-16-30/h7-8,11-12,15-18,24,27-28,35-42,60,70,79-80H,6,9-10,13-14,19-23,25-26H2,1-5H3,(H2,53,71)(H,61,69)(H,62,74)(H,63,77)(H,64,72)(H,65,76)(H,66,78)(H,67,73)(H,68,75)(H4,54,55,58)(H4,56,57,59)/t28-,35-,36-,37-,38-,39-,40+,41-,42-/m0/s1. The summed E-state index contributed by atoms with van der Waals surface area (Å²) >= 11 is 8.52. The first kappa shape index (κ1) is 66.5. The van der Waals surface area contributed by atoms with Crippen LogP contribution in [0.3, 0.4) is 0 Å². The van der Waals surface area contributed by atoms with E-state index in [1.165, 1.54) is 19.1 Å². The fraction of sp³-hybridized carbons (Fsp3) is 0.519. The minimum atomic E-state index is -1.43. The Kier molecular flexibility index (Phi) is 28.0. The predicted molar refractivity (Wildman–Crippen MR) is 311 cm³/mol. The maximum atomic E-state index is 14.8. The first-order chi connectivity index (χ1) is 37.9. The van der Waals surface area contributed by atoms with Crippen LogP contribution in [0.25, 0.3) is 10.9 Å². The highest BCUT2D eigenvalue weighted by atomic mass is 32.1. The molecule has 28 heteroatoms. The van der Waals surface area contributed by atoms with Crippen LogP contribution in [0, 0.1) is 11.8 Å². The molecule has 3 aromatic rings. The van der Waals surface area contributed by atoms with E-state index in [-0.39, 0.29) is 93.1 Å². The molecule has 80 heavy (non-hydrogen) atoms. The molecule has 1 heterocycles. The Balaban J connectivity index is 1.98. The topological polar surface area (TPSA) is 441 Å². The van der Waals surface area contributed by atoms with Crippen molar-refractivity contribution in [1.29, 1.82) is 0 Å². The van der Waals surface area contributed by atoms with Gasteiger partial charge in [-0.3, -0.25) is 53.1 Å². The summed E-state index contributed by atoms with van der Waals surface area (Å²) in [5.74, 6) is -8.28. The molecular weight excluding hydrogens is 1070 g/mol. The van der Waals surface area contributed by atoms with Crippen molar-refractivity contribution in [3.63, 3.8) is 0 Å². The van der Waals surface area contributed by atoms with Crippen molar-refractivity contribution in [1.82, 2.24) is 47.5 Å². The van der Waals surface area contributed by atoms with Gasteiger partial charge < -0.3 is 81.3 Å². The van der Waals surface area contributed by atoms with Crippen molar-refractivity contribution < 1.29 is 48.3 Å². The van der Waals surface area contributed by atoms with Crippen LogP contribution in [0.2, 0.25) is 0 Å².